The fourth-order valence-electron chi connectivity index (χ4n) is 2.20. The Bertz CT molecular complexity index is 811. The SMILES string of the molecule is Cc1nc(C(=O)NCCCc2ncn[nH]2)nn1-c1ccc(F)cc1. The molecule has 3 aromatic rings. The van der Waals surface area contributed by atoms with E-state index in [0.29, 0.717) is 24.5 Å². The summed E-state index contributed by atoms with van der Waals surface area (Å²) in [6, 6.07) is 5.82. The number of hydrogen-bond donors (Lipinski definition) is 2. The zero-order chi connectivity index (χ0) is 16.9. The van der Waals surface area contributed by atoms with Gasteiger partial charge in [0.15, 0.2) is 0 Å². The van der Waals surface area contributed by atoms with Crippen molar-refractivity contribution >= 4 is 5.91 Å². The van der Waals surface area contributed by atoms with Gasteiger partial charge in [-0.1, -0.05) is 0 Å². The van der Waals surface area contributed by atoms with Crippen LogP contribution in [0.3, 0.4) is 0 Å². The lowest BCUT2D eigenvalue weighted by atomic mass is 10.3. The number of nitrogens with one attached hydrogen (secondary N) is 2. The average molecular weight is 329 g/mol. The van der Waals surface area contributed by atoms with Crippen molar-refractivity contribution in [2.75, 3.05) is 6.54 Å². The molecule has 0 saturated heterocycles. The first kappa shape index (κ1) is 15.8. The molecule has 0 aliphatic heterocycles. The largest absolute Gasteiger partial charge is 0.349 e. The molecule has 0 atom stereocenters. The van der Waals surface area contributed by atoms with Crippen LogP contribution in [-0.4, -0.2) is 42.4 Å². The molecule has 3 rings (SSSR count). The predicted octanol–water partition coefficient (Wildman–Crippen LogP) is 1.20. The van der Waals surface area contributed by atoms with Gasteiger partial charge in [0.25, 0.3) is 5.91 Å². The summed E-state index contributed by atoms with van der Waals surface area (Å²) in [7, 11) is 0. The van der Waals surface area contributed by atoms with Gasteiger partial charge in [-0.15, -0.1) is 5.10 Å². The fraction of sp³-hybridized carbons (Fsp3) is 0.267. The van der Waals surface area contributed by atoms with Crippen LogP contribution in [0.1, 0.15) is 28.7 Å². The molecule has 0 saturated carbocycles. The summed E-state index contributed by atoms with van der Waals surface area (Å²) >= 11 is 0. The quantitative estimate of drug-likeness (QED) is 0.662. The van der Waals surface area contributed by atoms with Crippen molar-refractivity contribution in [2.24, 2.45) is 0 Å². The predicted molar refractivity (Wildman–Crippen MR) is 83.1 cm³/mol. The van der Waals surface area contributed by atoms with Crippen molar-refractivity contribution < 1.29 is 9.18 Å². The molecule has 0 aliphatic carbocycles. The molecule has 8 nitrogen and oxygen atoms in total. The van der Waals surface area contributed by atoms with E-state index >= 15 is 0 Å². The molecule has 24 heavy (non-hydrogen) atoms. The van der Waals surface area contributed by atoms with Crippen LogP contribution in [0.4, 0.5) is 4.39 Å². The average Bonchev–Trinajstić information content (AvgIpc) is 3.22. The number of aromatic nitrogens is 6. The zero-order valence-corrected chi connectivity index (χ0v) is 13.0. The maximum Gasteiger partial charge on any atom is 0.290 e. The Morgan fingerprint density at radius 1 is 1.33 bits per heavy atom. The number of hydrogen-bond acceptors (Lipinski definition) is 5. The highest BCUT2D eigenvalue weighted by Gasteiger charge is 2.14. The summed E-state index contributed by atoms with van der Waals surface area (Å²) < 4.78 is 14.5. The maximum absolute atomic E-state index is 13.0. The van der Waals surface area contributed by atoms with Crippen LogP contribution in [0.15, 0.2) is 30.6 Å². The first-order valence-corrected chi connectivity index (χ1v) is 7.45. The van der Waals surface area contributed by atoms with Crippen molar-refractivity contribution in [1.82, 2.24) is 35.3 Å². The molecule has 0 fully saturated rings. The molecular weight excluding hydrogens is 313 g/mol. The number of aryl methyl sites for hydroxylation is 2. The summed E-state index contributed by atoms with van der Waals surface area (Å²) in [5, 5.41) is 13.5. The first-order valence-electron chi connectivity index (χ1n) is 7.45. The van der Waals surface area contributed by atoms with Crippen LogP contribution in [0.5, 0.6) is 0 Å². The molecule has 0 bridgehead atoms. The molecule has 1 aromatic carbocycles. The van der Waals surface area contributed by atoms with Crippen molar-refractivity contribution in [3.05, 3.63) is 53.9 Å². The van der Waals surface area contributed by atoms with E-state index in [0.717, 1.165) is 12.2 Å². The molecule has 2 heterocycles. The van der Waals surface area contributed by atoms with Gasteiger partial charge in [-0.3, -0.25) is 9.89 Å². The van der Waals surface area contributed by atoms with Crippen molar-refractivity contribution in [2.45, 2.75) is 19.8 Å². The molecule has 2 aromatic heterocycles. The minimum Gasteiger partial charge on any atom is -0.349 e. The Morgan fingerprint density at radius 2 is 2.12 bits per heavy atom. The van der Waals surface area contributed by atoms with Gasteiger partial charge in [-0.05, 0) is 37.6 Å². The highest BCUT2D eigenvalue weighted by Crippen LogP contribution is 2.10. The number of carbonyl (C=O) groups is 1. The number of carbonyl (C=O) groups excluding carboxylic acids is 1. The van der Waals surface area contributed by atoms with Crippen LogP contribution in [0.2, 0.25) is 0 Å². The molecule has 2 N–H and O–H groups in total. The van der Waals surface area contributed by atoms with Gasteiger partial charge in [0, 0.05) is 13.0 Å². The lowest BCUT2D eigenvalue weighted by Gasteiger charge is -2.02. The number of H-pyrrole nitrogens is 1. The van der Waals surface area contributed by atoms with E-state index in [1.807, 2.05) is 0 Å². The summed E-state index contributed by atoms with van der Waals surface area (Å²) in [5.41, 5.74) is 0.644. The number of halogens is 1. The van der Waals surface area contributed by atoms with Gasteiger partial charge in [-0.2, -0.15) is 5.10 Å². The summed E-state index contributed by atoms with van der Waals surface area (Å²) in [5.74, 6) is 0.724. The van der Waals surface area contributed by atoms with Crippen molar-refractivity contribution in [3.8, 4) is 5.69 Å². The van der Waals surface area contributed by atoms with Gasteiger partial charge in [-0.25, -0.2) is 19.0 Å². The van der Waals surface area contributed by atoms with E-state index < -0.39 is 0 Å². The van der Waals surface area contributed by atoms with Crippen LogP contribution in [0.25, 0.3) is 5.69 Å². The fourth-order valence-corrected chi connectivity index (χ4v) is 2.20. The van der Waals surface area contributed by atoms with E-state index in [4.69, 9.17) is 0 Å². The van der Waals surface area contributed by atoms with E-state index in [1.54, 1.807) is 19.1 Å². The lowest BCUT2D eigenvalue weighted by Crippen LogP contribution is -2.26. The standard InChI is InChI=1S/C15H16FN7O/c1-10-20-14(22-23(10)12-6-4-11(16)5-7-12)15(24)17-8-2-3-13-18-9-19-21-13/h4-7,9H,2-3,8H2,1H3,(H,17,24)(H,18,19,21). The summed E-state index contributed by atoms with van der Waals surface area (Å²) in [6.07, 6.45) is 2.86. The van der Waals surface area contributed by atoms with Crippen LogP contribution >= 0.6 is 0 Å². The maximum atomic E-state index is 13.0. The van der Waals surface area contributed by atoms with Crippen LogP contribution in [0, 0.1) is 12.7 Å². The number of aromatic amines is 1. The molecular formula is C15H16FN7O. The lowest BCUT2D eigenvalue weighted by molar-refractivity contribution is 0.0943. The van der Waals surface area contributed by atoms with Gasteiger partial charge < -0.3 is 5.32 Å². The Hall–Kier alpha value is -3.10. The smallest absolute Gasteiger partial charge is 0.290 e. The van der Waals surface area contributed by atoms with E-state index in [-0.39, 0.29) is 17.5 Å². The highest BCUT2D eigenvalue weighted by molar-refractivity contribution is 5.90. The van der Waals surface area contributed by atoms with Gasteiger partial charge in [0.2, 0.25) is 5.82 Å². The third-order valence-electron chi connectivity index (χ3n) is 3.38. The first-order chi connectivity index (χ1) is 11.6. The molecule has 0 spiro atoms. The topological polar surface area (TPSA) is 101 Å². The number of amides is 1. The minimum atomic E-state index is -0.350. The Morgan fingerprint density at radius 3 is 2.83 bits per heavy atom. The van der Waals surface area contributed by atoms with Crippen molar-refractivity contribution in [3.63, 3.8) is 0 Å². The minimum absolute atomic E-state index is 0.0801. The third kappa shape index (κ3) is 3.62. The third-order valence-corrected chi connectivity index (χ3v) is 3.38. The molecule has 0 aliphatic rings. The van der Waals surface area contributed by atoms with E-state index in [9.17, 15) is 9.18 Å². The number of nitrogens with zero attached hydrogens (tertiary/aromatic N) is 5. The summed E-state index contributed by atoms with van der Waals surface area (Å²) in [4.78, 5) is 20.3. The van der Waals surface area contributed by atoms with Crippen LogP contribution < -0.4 is 5.32 Å². The van der Waals surface area contributed by atoms with Gasteiger partial charge in [0.1, 0.15) is 23.8 Å². The Kier molecular flexibility index (Phi) is 4.59. The second-order valence-corrected chi connectivity index (χ2v) is 5.16. The second-order valence-electron chi connectivity index (χ2n) is 5.16. The highest BCUT2D eigenvalue weighted by atomic mass is 19.1. The monoisotopic (exact) mass is 329 g/mol. The molecule has 0 radical (unpaired) electrons. The van der Waals surface area contributed by atoms with Gasteiger partial charge >= 0.3 is 0 Å². The molecule has 124 valence electrons. The molecule has 0 unspecified atom stereocenters. The molecule has 1 amide bonds. The Labute approximate surface area is 137 Å². The van der Waals surface area contributed by atoms with Crippen molar-refractivity contribution in [1.29, 1.82) is 0 Å². The summed E-state index contributed by atoms with van der Waals surface area (Å²) in [6.45, 7) is 2.21. The van der Waals surface area contributed by atoms with Gasteiger partial charge in [0.05, 0.1) is 5.69 Å². The normalized spacial score (nSPS) is 10.8. The number of benzene rings is 1. The molecule has 9 heteroatoms. The van der Waals surface area contributed by atoms with E-state index in [1.165, 1.54) is 23.1 Å². The van der Waals surface area contributed by atoms with Crippen LogP contribution in [-0.2, 0) is 6.42 Å². The second kappa shape index (κ2) is 6.99. The van der Waals surface area contributed by atoms with E-state index in [2.05, 4.69) is 30.6 Å². The Balaban J connectivity index is 1.59. The zero-order valence-electron chi connectivity index (χ0n) is 13.0. The number of rotatable bonds is 6.